The van der Waals surface area contributed by atoms with E-state index >= 15 is 0 Å². The summed E-state index contributed by atoms with van der Waals surface area (Å²) < 4.78 is 43.0. The Hall–Kier alpha value is -4.56. The molecule has 1 aromatic carbocycles. The van der Waals surface area contributed by atoms with E-state index in [9.17, 15) is 27.6 Å². The van der Waals surface area contributed by atoms with E-state index in [1.54, 1.807) is 27.9 Å². The number of carbonyl (C=O) groups is 3. The molecule has 1 fully saturated rings. The minimum atomic E-state index is -4.82. The largest absolute Gasteiger partial charge is 0.573 e. The Morgan fingerprint density at radius 3 is 2.67 bits per heavy atom. The summed E-state index contributed by atoms with van der Waals surface area (Å²) in [4.78, 5) is 38.5. The van der Waals surface area contributed by atoms with Gasteiger partial charge in [-0.15, -0.1) is 18.3 Å². The lowest BCUT2D eigenvalue weighted by Crippen LogP contribution is -2.53. The van der Waals surface area contributed by atoms with Crippen molar-refractivity contribution in [2.24, 2.45) is 11.5 Å². The highest BCUT2D eigenvalue weighted by molar-refractivity contribution is 5.88. The Bertz CT molecular complexity index is 1230. The quantitative estimate of drug-likeness (QED) is 0.201. The molecular formula is C24H29F3N8O4. The third kappa shape index (κ3) is 9.68. The molecule has 0 saturated carbocycles. The number of benzene rings is 1. The second kappa shape index (κ2) is 13.3. The molecule has 12 nitrogen and oxygen atoms in total. The van der Waals surface area contributed by atoms with Crippen LogP contribution in [0.4, 0.5) is 18.9 Å². The van der Waals surface area contributed by atoms with E-state index in [0.29, 0.717) is 37.2 Å². The molecule has 1 aromatic heterocycles. The molecule has 2 aromatic rings. The monoisotopic (exact) mass is 550 g/mol. The highest BCUT2D eigenvalue weighted by Gasteiger charge is 2.31. The molecule has 210 valence electrons. The van der Waals surface area contributed by atoms with Crippen molar-refractivity contribution in [3.05, 3.63) is 59.8 Å². The zero-order valence-corrected chi connectivity index (χ0v) is 20.9. The number of rotatable bonds is 12. The molecule has 0 aliphatic carbocycles. The minimum absolute atomic E-state index is 0.0551. The van der Waals surface area contributed by atoms with Crippen LogP contribution in [0, 0.1) is 0 Å². The maximum absolute atomic E-state index is 12.6. The Kier molecular flexibility index (Phi) is 9.89. The van der Waals surface area contributed by atoms with Crippen molar-refractivity contribution in [1.29, 1.82) is 0 Å². The van der Waals surface area contributed by atoms with Gasteiger partial charge in [0.2, 0.25) is 11.8 Å². The summed E-state index contributed by atoms with van der Waals surface area (Å²) in [6, 6.07) is 5.36. The van der Waals surface area contributed by atoms with Crippen molar-refractivity contribution >= 4 is 23.8 Å². The number of aldehydes is 1. The highest BCUT2D eigenvalue weighted by Crippen LogP contribution is 2.27. The molecule has 0 unspecified atom stereocenters. The first kappa shape index (κ1) is 29.0. The van der Waals surface area contributed by atoms with E-state index in [2.05, 4.69) is 20.4 Å². The molecule has 1 saturated heterocycles. The van der Waals surface area contributed by atoms with Crippen LogP contribution in [0.2, 0.25) is 0 Å². The number of allylic oxidation sites excluding steroid dienone is 3. The van der Waals surface area contributed by atoms with Crippen LogP contribution >= 0.6 is 0 Å². The lowest BCUT2D eigenvalue weighted by atomic mass is 10.2. The SMILES string of the molecule is N/C(=C\C=C(/N)NC(=O)CN1CCN(c2cccc(OC(F)(F)F)c2)CC1=O)CCCCn1cc(C=O)nn1. The zero-order valence-electron chi connectivity index (χ0n) is 20.9. The molecule has 0 spiro atoms. The molecular weight excluding hydrogens is 521 g/mol. The molecule has 0 atom stereocenters. The fourth-order valence-electron chi connectivity index (χ4n) is 3.75. The summed E-state index contributed by atoms with van der Waals surface area (Å²) in [5, 5.41) is 10.0. The minimum Gasteiger partial charge on any atom is -0.406 e. The van der Waals surface area contributed by atoms with Crippen LogP contribution in [0.15, 0.2) is 54.1 Å². The molecule has 1 aliphatic heterocycles. The van der Waals surface area contributed by atoms with Gasteiger partial charge in [-0.2, -0.15) is 0 Å². The number of nitrogens with two attached hydrogens (primary N) is 2. The van der Waals surface area contributed by atoms with Crippen LogP contribution in [0.25, 0.3) is 0 Å². The van der Waals surface area contributed by atoms with Crippen molar-refractivity contribution in [2.75, 3.05) is 31.1 Å². The van der Waals surface area contributed by atoms with Gasteiger partial charge in [-0.3, -0.25) is 19.1 Å². The van der Waals surface area contributed by atoms with Gasteiger partial charge in [-0.1, -0.05) is 11.3 Å². The molecule has 15 heteroatoms. The van der Waals surface area contributed by atoms with E-state index in [1.807, 2.05) is 0 Å². The summed E-state index contributed by atoms with van der Waals surface area (Å²) in [5.74, 6) is -1.19. The maximum Gasteiger partial charge on any atom is 0.573 e. The number of anilines is 1. The number of aromatic nitrogens is 3. The zero-order chi connectivity index (χ0) is 28.4. The van der Waals surface area contributed by atoms with Gasteiger partial charge in [0.1, 0.15) is 23.8 Å². The first-order chi connectivity index (χ1) is 18.5. The average Bonchev–Trinajstić information content (AvgIpc) is 3.34. The van der Waals surface area contributed by atoms with Crippen molar-refractivity contribution in [1.82, 2.24) is 25.2 Å². The van der Waals surface area contributed by atoms with Gasteiger partial charge in [0.25, 0.3) is 0 Å². The van der Waals surface area contributed by atoms with Gasteiger partial charge in [0.05, 0.1) is 12.7 Å². The number of piperazine rings is 1. The summed E-state index contributed by atoms with van der Waals surface area (Å²) in [5.41, 5.74) is 13.0. The molecule has 2 heterocycles. The number of ether oxygens (including phenoxy) is 1. The van der Waals surface area contributed by atoms with E-state index in [1.165, 1.54) is 29.2 Å². The van der Waals surface area contributed by atoms with Crippen molar-refractivity contribution in [3.63, 3.8) is 0 Å². The fraction of sp³-hybridized carbons (Fsp3) is 0.375. The Morgan fingerprint density at radius 2 is 1.97 bits per heavy atom. The summed E-state index contributed by atoms with van der Waals surface area (Å²) in [6.45, 7) is 0.759. The van der Waals surface area contributed by atoms with Crippen molar-refractivity contribution in [3.8, 4) is 5.75 Å². The smallest absolute Gasteiger partial charge is 0.406 e. The number of nitrogens with zero attached hydrogens (tertiary/aromatic N) is 5. The Labute approximate surface area is 222 Å². The third-order valence-corrected chi connectivity index (χ3v) is 5.61. The van der Waals surface area contributed by atoms with E-state index in [-0.39, 0.29) is 42.8 Å². The van der Waals surface area contributed by atoms with E-state index in [4.69, 9.17) is 11.5 Å². The number of nitrogens with one attached hydrogen (secondary N) is 1. The average molecular weight is 551 g/mol. The number of hydrogen-bond donors (Lipinski definition) is 3. The lowest BCUT2D eigenvalue weighted by molar-refractivity contribution is -0.274. The fourth-order valence-corrected chi connectivity index (χ4v) is 3.75. The van der Waals surface area contributed by atoms with E-state index < -0.39 is 12.3 Å². The van der Waals surface area contributed by atoms with Crippen LogP contribution in [-0.4, -0.2) is 70.5 Å². The van der Waals surface area contributed by atoms with Crippen LogP contribution in [0.3, 0.4) is 0 Å². The number of aryl methyl sites for hydroxylation is 1. The first-order valence-electron chi connectivity index (χ1n) is 12.0. The number of alkyl halides is 3. The first-order valence-corrected chi connectivity index (χ1v) is 12.0. The molecule has 3 rings (SSSR count). The summed E-state index contributed by atoms with van der Waals surface area (Å²) >= 11 is 0. The summed E-state index contributed by atoms with van der Waals surface area (Å²) in [7, 11) is 0. The van der Waals surface area contributed by atoms with Gasteiger partial charge in [-0.05, 0) is 43.5 Å². The topological polar surface area (TPSA) is 162 Å². The van der Waals surface area contributed by atoms with Gasteiger partial charge in [0, 0.05) is 37.1 Å². The highest BCUT2D eigenvalue weighted by atomic mass is 19.4. The maximum atomic E-state index is 12.6. The predicted octanol–water partition coefficient (Wildman–Crippen LogP) is 1.27. The number of unbranched alkanes of at least 4 members (excludes halogenated alkanes) is 1. The number of halogens is 3. The number of carbonyl (C=O) groups excluding carboxylic acids is 3. The molecule has 39 heavy (non-hydrogen) atoms. The molecule has 2 amide bonds. The molecule has 0 radical (unpaired) electrons. The second-order valence-electron chi connectivity index (χ2n) is 8.68. The molecule has 5 N–H and O–H groups in total. The molecule has 0 bridgehead atoms. The normalized spacial score (nSPS) is 14.9. The predicted molar refractivity (Wildman–Crippen MR) is 134 cm³/mol. The van der Waals surface area contributed by atoms with Gasteiger partial charge >= 0.3 is 6.36 Å². The van der Waals surface area contributed by atoms with Crippen molar-refractivity contribution < 1.29 is 32.3 Å². The number of hydrogen-bond acceptors (Lipinski definition) is 9. The van der Waals surface area contributed by atoms with Crippen LogP contribution in [0.1, 0.15) is 29.8 Å². The molecule has 1 aliphatic rings. The Morgan fingerprint density at radius 1 is 1.18 bits per heavy atom. The van der Waals surface area contributed by atoms with Crippen LogP contribution < -0.4 is 26.4 Å². The lowest BCUT2D eigenvalue weighted by Gasteiger charge is -2.35. The summed E-state index contributed by atoms with van der Waals surface area (Å²) in [6.07, 6.45) is 2.50. The standard InChI is InChI=1S/C24H29F3N8O4/c25-24(26,27)39-20-6-3-5-19(12-20)33-10-11-34(23(38)15-33)14-22(37)30-21(29)8-7-17(28)4-1-2-9-35-13-18(16-36)31-32-35/h3,5-8,12-13,16H,1-2,4,9-11,14-15,28-29H2,(H,30,37)/b17-7-,21-8+. The van der Waals surface area contributed by atoms with E-state index in [0.717, 1.165) is 12.8 Å². The van der Waals surface area contributed by atoms with Crippen LogP contribution in [-0.2, 0) is 16.1 Å². The third-order valence-electron chi connectivity index (χ3n) is 5.61. The van der Waals surface area contributed by atoms with Crippen LogP contribution in [0.5, 0.6) is 5.75 Å². The second-order valence-corrected chi connectivity index (χ2v) is 8.68. The van der Waals surface area contributed by atoms with Crippen molar-refractivity contribution in [2.45, 2.75) is 32.2 Å². The van der Waals surface area contributed by atoms with Gasteiger partial charge in [0.15, 0.2) is 6.29 Å². The Balaban J connectivity index is 1.40. The number of amides is 2. The van der Waals surface area contributed by atoms with Gasteiger partial charge < -0.3 is 31.3 Å². The van der Waals surface area contributed by atoms with Gasteiger partial charge in [-0.25, -0.2) is 0 Å².